The zero-order chi connectivity index (χ0) is 14.4. The summed E-state index contributed by atoms with van der Waals surface area (Å²) in [6.07, 6.45) is 2.75. The van der Waals surface area contributed by atoms with Gasteiger partial charge in [0.05, 0.1) is 6.10 Å². The van der Waals surface area contributed by atoms with Crippen molar-refractivity contribution in [3.63, 3.8) is 0 Å². The van der Waals surface area contributed by atoms with Crippen molar-refractivity contribution in [1.82, 2.24) is 10.2 Å². The lowest BCUT2D eigenvalue weighted by molar-refractivity contribution is 0.242. The molecule has 1 aliphatic rings. The number of guanidine groups is 1. The highest BCUT2D eigenvalue weighted by molar-refractivity contribution is 14.0. The Morgan fingerprint density at radius 3 is 2.38 bits per heavy atom. The van der Waals surface area contributed by atoms with Crippen LogP contribution in [0.5, 0.6) is 5.75 Å². The lowest BCUT2D eigenvalue weighted by atomic mass is 10.2. The zero-order valence-electron chi connectivity index (χ0n) is 13.1. The summed E-state index contributed by atoms with van der Waals surface area (Å²) in [4.78, 5) is 6.66. The molecule has 0 aliphatic carbocycles. The monoisotopic (exact) mass is 403 g/mol. The van der Waals surface area contributed by atoms with Crippen LogP contribution in [-0.4, -0.2) is 37.1 Å². The lowest BCUT2D eigenvalue weighted by Crippen LogP contribution is -2.39. The van der Waals surface area contributed by atoms with Crippen molar-refractivity contribution in [3.05, 3.63) is 29.8 Å². The highest BCUT2D eigenvalue weighted by atomic mass is 127. The molecule has 0 saturated carbocycles. The van der Waals surface area contributed by atoms with Crippen LogP contribution in [0.3, 0.4) is 0 Å². The van der Waals surface area contributed by atoms with Crippen LogP contribution in [0.4, 0.5) is 0 Å². The van der Waals surface area contributed by atoms with E-state index in [4.69, 9.17) is 4.74 Å². The second-order valence-electron chi connectivity index (χ2n) is 5.41. The van der Waals surface area contributed by atoms with E-state index >= 15 is 0 Å². The molecule has 1 N–H and O–H groups in total. The third-order valence-corrected chi connectivity index (χ3v) is 3.36. The first-order valence-corrected chi connectivity index (χ1v) is 7.40. The second-order valence-corrected chi connectivity index (χ2v) is 5.41. The largest absolute Gasteiger partial charge is 0.491 e. The van der Waals surface area contributed by atoms with Crippen molar-refractivity contribution in [2.45, 2.75) is 39.3 Å². The van der Waals surface area contributed by atoms with Crippen LogP contribution in [-0.2, 0) is 6.54 Å². The Bertz CT molecular complexity index is 439. The van der Waals surface area contributed by atoms with Crippen molar-refractivity contribution in [3.8, 4) is 5.75 Å². The number of benzene rings is 1. The highest BCUT2D eigenvalue weighted by Crippen LogP contribution is 2.14. The molecule has 1 aliphatic heterocycles. The van der Waals surface area contributed by atoms with Crippen LogP contribution in [0.15, 0.2) is 29.3 Å². The number of rotatable bonds is 4. The van der Waals surface area contributed by atoms with E-state index in [0.29, 0.717) is 0 Å². The molecule has 118 valence electrons. The van der Waals surface area contributed by atoms with Crippen LogP contribution >= 0.6 is 24.0 Å². The third-order valence-electron chi connectivity index (χ3n) is 3.36. The average Bonchev–Trinajstić information content (AvgIpc) is 2.95. The summed E-state index contributed by atoms with van der Waals surface area (Å²) >= 11 is 0. The van der Waals surface area contributed by atoms with Gasteiger partial charge in [-0.2, -0.15) is 0 Å². The van der Waals surface area contributed by atoms with Gasteiger partial charge in [0, 0.05) is 26.7 Å². The SMILES string of the molecule is CN=C(NCc1ccc(OC(C)C)cc1)N1CCCC1.I. The van der Waals surface area contributed by atoms with E-state index in [1.54, 1.807) is 0 Å². The minimum Gasteiger partial charge on any atom is -0.491 e. The van der Waals surface area contributed by atoms with Crippen LogP contribution in [0.1, 0.15) is 32.3 Å². The van der Waals surface area contributed by atoms with Gasteiger partial charge in [-0.15, -0.1) is 24.0 Å². The number of halogens is 1. The molecule has 21 heavy (non-hydrogen) atoms. The number of hydrogen-bond donors (Lipinski definition) is 1. The fourth-order valence-electron chi connectivity index (χ4n) is 2.40. The fourth-order valence-corrected chi connectivity index (χ4v) is 2.40. The summed E-state index contributed by atoms with van der Waals surface area (Å²) in [5.74, 6) is 1.93. The molecule has 0 amide bonds. The maximum absolute atomic E-state index is 5.64. The van der Waals surface area contributed by atoms with E-state index in [1.807, 2.05) is 33.0 Å². The van der Waals surface area contributed by atoms with Crippen LogP contribution in [0.25, 0.3) is 0 Å². The van der Waals surface area contributed by atoms with Gasteiger partial charge in [0.15, 0.2) is 5.96 Å². The summed E-state index contributed by atoms with van der Waals surface area (Å²) in [6.45, 7) is 7.10. The van der Waals surface area contributed by atoms with Crippen molar-refractivity contribution in [1.29, 1.82) is 0 Å². The maximum atomic E-state index is 5.64. The molecular formula is C16H26IN3O. The number of hydrogen-bond acceptors (Lipinski definition) is 2. The molecule has 4 nitrogen and oxygen atoms in total. The zero-order valence-corrected chi connectivity index (χ0v) is 15.5. The van der Waals surface area contributed by atoms with E-state index in [2.05, 4.69) is 27.3 Å². The van der Waals surface area contributed by atoms with Gasteiger partial charge in [-0.1, -0.05) is 12.1 Å². The Morgan fingerprint density at radius 2 is 1.86 bits per heavy atom. The average molecular weight is 403 g/mol. The Morgan fingerprint density at radius 1 is 1.24 bits per heavy atom. The van der Waals surface area contributed by atoms with E-state index in [0.717, 1.165) is 31.3 Å². The summed E-state index contributed by atoms with van der Waals surface area (Å²) in [5.41, 5.74) is 1.24. The van der Waals surface area contributed by atoms with Crippen molar-refractivity contribution >= 4 is 29.9 Å². The molecule has 5 heteroatoms. The fraction of sp³-hybridized carbons (Fsp3) is 0.562. The lowest BCUT2D eigenvalue weighted by Gasteiger charge is -2.20. The molecule has 0 spiro atoms. The first-order valence-electron chi connectivity index (χ1n) is 7.40. The first-order chi connectivity index (χ1) is 9.69. The summed E-state index contributed by atoms with van der Waals surface area (Å²) in [5, 5.41) is 3.42. The molecule has 1 fully saturated rings. The van der Waals surface area contributed by atoms with E-state index in [-0.39, 0.29) is 30.1 Å². The van der Waals surface area contributed by atoms with Crippen molar-refractivity contribution in [2.75, 3.05) is 20.1 Å². The van der Waals surface area contributed by atoms with Gasteiger partial charge in [-0.05, 0) is 44.4 Å². The van der Waals surface area contributed by atoms with Gasteiger partial charge < -0.3 is 15.0 Å². The predicted molar refractivity (Wildman–Crippen MR) is 98.6 cm³/mol. The minimum atomic E-state index is 0. The molecule has 1 heterocycles. The molecule has 0 aromatic heterocycles. The Balaban J connectivity index is 0.00000220. The first kappa shape index (κ1) is 18.1. The van der Waals surface area contributed by atoms with E-state index in [9.17, 15) is 0 Å². The smallest absolute Gasteiger partial charge is 0.193 e. The number of aliphatic imine (C=N–C) groups is 1. The summed E-state index contributed by atoms with van der Waals surface area (Å²) < 4.78 is 5.64. The van der Waals surface area contributed by atoms with Crippen molar-refractivity contribution < 1.29 is 4.74 Å². The molecule has 1 aromatic carbocycles. The topological polar surface area (TPSA) is 36.9 Å². The summed E-state index contributed by atoms with van der Waals surface area (Å²) in [7, 11) is 1.85. The van der Waals surface area contributed by atoms with Gasteiger partial charge in [-0.25, -0.2) is 0 Å². The molecule has 1 aromatic rings. The standard InChI is InChI=1S/C16H25N3O.HI/c1-13(2)20-15-8-6-14(7-9-15)12-18-16(17-3)19-10-4-5-11-19;/h6-9,13H,4-5,10-12H2,1-3H3,(H,17,18);1H. The Kier molecular flexibility index (Phi) is 7.85. The van der Waals surface area contributed by atoms with Crippen LogP contribution in [0.2, 0.25) is 0 Å². The molecule has 2 rings (SSSR count). The molecule has 0 unspecified atom stereocenters. The van der Waals surface area contributed by atoms with Crippen molar-refractivity contribution in [2.24, 2.45) is 4.99 Å². The van der Waals surface area contributed by atoms with Gasteiger partial charge in [0.1, 0.15) is 5.75 Å². The van der Waals surface area contributed by atoms with Gasteiger partial charge in [0.2, 0.25) is 0 Å². The normalized spacial score (nSPS) is 15.0. The Hall–Kier alpha value is -0.980. The Labute approximate surface area is 145 Å². The highest BCUT2D eigenvalue weighted by Gasteiger charge is 2.15. The molecule has 0 bridgehead atoms. The quantitative estimate of drug-likeness (QED) is 0.477. The van der Waals surface area contributed by atoms with E-state index in [1.165, 1.54) is 18.4 Å². The number of ether oxygens (including phenoxy) is 1. The molecule has 0 atom stereocenters. The van der Waals surface area contributed by atoms with Gasteiger partial charge in [0.25, 0.3) is 0 Å². The molecule has 0 radical (unpaired) electrons. The maximum Gasteiger partial charge on any atom is 0.193 e. The second kappa shape index (κ2) is 9.12. The number of nitrogens with one attached hydrogen (secondary N) is 1. The number of nitrogens with zero attached hydrogens (tertiary/aromatic N) is 2. The third kappa shape index (κ3) is 5.73. The summed E-state index contributed by atoms with van der Waals surface area (Å²) in [6, 6.07) is 8.25. The number of likely N-dealkylation sites (tertiary alicyclic amines) is 1. The van der Waals surface area contributed by atoms with Crippen LogP contribution < -0.4 is 10.1 Å². The molecular weight excluding hydrogens is 377 g/mol. The van der Waals surface area contributed by atoms with Crippen LogP contribution in [0, 0.1) is 0 Å². The van der Waals surface area contributed by atoms with Gasteiger partial charge in [-0.3, -0.25) is 4.99 Å². The minimum absolute atomic E-state index is 0. The van der Waals surface area contributed by atoms with Gasteiger partial charge >= 0.3 is 0 Å². The predicted octanol–water partition coefficient (Wildman–Crippen LogP) is 3.26. The van der Waals surface area contributed by atoms with E-state index < -0.39 is 0 Å². The molecule has 1 saturated heterocycles.